The number of rotatable bonds is 5. The van der Waals surface area contributed by atoms with Crippen LogP contribution in [0.1, 0.15) is 53.9 Å². The van der Waals surface area contributed by atoms with Gasteiger partial charge in [0, 0.05) is 0 Å². The SMILES string of the molecule is Cc1cc(O[C@@H](C)C(=O)NNC(=O)c2ccoc2C)ccc1C(C)C. The molecule has 0 fully saturated rings. The standard InChI is InChI=1S/C19H24N2O4/c1-11(2)16-7-6-15(10-12(16)3)25-14(5)18(22)20-21-19(23)17-8-9-24-13(17)4/h6-11,14H,1-5H3,(H,20,22)(H,21,23)/t14-/m0/s1. The van der Waals surface area contributed by atoms with Crippen LogP contribution in [0.15, 0.2) is 34.9 Å². The minimum atomic E-state index is -0.755. The van der Waals surface area contributed by atoms with Crippen molar-refractivity contribution in [3.8, 4) is 5.75 Å². The second-order valence-electron chi connectivity index (χ2n) is 6.27. The van der Waals surface area contributed by atoms with Gasteiger partial charge in [0.25, 0.3) is 11.8 Å². The van der Waals surface area contributed by atoms with Gasteiger partial charge in [0.15, 0.2) is 6.10 Å². The molecule has 134 valence electrons. The summed E-state index contributed by atoms with van der Waals surface area (Å²) in [5, 5.41) is 0. The van der Waals surface area contributed by atoms with Crippen LogP contribution in [0.2, 0.25) is 0 Å². The highest BCUT2D eigenvalue weighted by Crippen LogP contribution is 2.24. The summed E-state index contributed by atoms with van der Waals surface area (Å²) >= 11 is 0. The lowest BCUT2D eigenvalue weighted by molar-refractivity contribution is -0.128. The molecule has 0 aliphatic carbocycles. The van der Waals surface area contributed by atoms with Gasteiger partial charge >= 0.3 is 0 Å². The van der Waals surface area contributed by atoms with Crippen molar-refractivity contribution in [2.24, 2.45) is 0 Å². The first kappa shape index (κ1) is 18.6. The molecule has 2 N–H and O–H groups in total. The maximum atomic E-state index is 12.1. The zero-order valence-corrected chi connectivity index (χ0v) is 15.2. The van der Waals surface area contributed by atoms with Crippen LogP contribution in [0.4, 0.5) is 0 Å². The maximum absolute atomic E-state index is 12.1. The summed E-state index contributed by atoms with van der Waals surface area (Å²) in [5.41, 5.74) is 7.43. The normalized spacial score (nSPS) is 11.9. The van der Waals surface area contributed by atoms with E-state index < -0.39 is 17.9 Å². The Morgan fingerprint density at radius 1 is 1.08 bits per heavy atom. The fourth-order valence-corrected chi connectivity index (χ4v) is 2.53. The number of aryl methyl sites for hydroxylation is 2. The minimum Gasteiger partial charge on any atom is -0.481 e. The molecule has 0 saturated carbocycles. The van der Waals surface area contributed by atoms with Gasteiger partial charge in [-0.1, -0.05) is 19.9 Å². The van der Waals surface area contributed by atoms with E-state index in [-0.39, 0.29) is 0 Å². The summed E-state index contributed by atoms with van der Waals surface area (Å²) in [4.78, 5) is 24.0. The second kappa shape index (κ2) is 7.88. The Labute approximate surface area is 147 Å². The van der Waals surface area contributed by atoms with Crippen LogP contribution >= 0.6 is 0 Å². The molecule has 2 rings (SSSR count). The van der Waals surface area contributed by atoms with E-state index in [1.807, 2.05) is 25.1 Å². The Bertz CT molecular complexity index is 765. The Morgan fingerprint density at radius 2 is 1.80 bits per heavy atom. The van der Waals surface area contributed by atoms with Gasteiger partial charge in [0.05, 0.1) is 11.8 Å². The first-order valence-corrected chi connectivity index (χ1v) is 8.21. The molecule has 0 spiro atoms. The third-order valence-corrected chi connectivity index (χ3v) is 3.95. The molecule has 25 heavy (non-hydrogen) atoms. The van der Waals surface area contributed by atoms with Crippen LogP contribution < -0.4 is 15.6 Å². The molecular formula is C19H24N2O4. The van der Waals surface area contributed by atoms with Crippen LogP contribution in [-0.4, -0.2) is 17.9 Å². The van der Waals surface area contributed by atoms with E-state index in [9.17, 15) is 9.59 Å². The van der Waals surface area contributed by atoms with Gasteiger partial charge < -0.3 is 9.15 Å². The van der Waals surface area contributed by atoms with E-state index in [1.165, 1.54) is 17.9 Å². The average Bonchev–Trinajstić information content (AvgIpc) is 2.98. The number of carbonyl (C=O) groups excluding carboxylic acids is 2. The lowest BCUT2D eigenvalue weighted by atomic mass is 9.98. The van der Waals surface area contributed by atoms with Crippen LogP contribution in [0.5, 0.6) is 5.75 Å². The molecule has 0 unspecified atom stereocenters. The Hall–Kier alpha value is -2.76. The lowest BCUT2D eigenvalue weighted by Gasteiger charge is -2.17. The summed E-state index contributed by atoms with van der Waals surface area (Å²) < 4.78 is 10.7. The molecule has 0 bridgehead atoms. The first-order chi connectivity index (χ1) is 11.8. The number of hydrazine groups is 1. The van der Waals surface area contributed by atoms with Gasteiger partial charge in [-0.15, -0.1) is 0 Å². The van der Waals surface area contributed by atoms with Crippen LogP contribution in [0, 0.1) is 13.8 Å². The number of hydrogen-bond donors (Lipinski definition) is 2. The highest BCUT2D eigenvalue weighted by atomic mass is 16.5. The van der Waals surface area contributed by atoms with Gasteiger partial charge in [-0.2, -0.15) is 0 Å². The third kappa shape index (κ3) is 4.62. The molecule has 0 radical (unpaired) electrons. The second-order valence-corrected chi connectivity index (χ2v) is 6.27. The number of furan rings is 1. The van der Waals surface area contributed by atoms with Gasteiger partial charge in [-0.25, -0.2) is 0 Å². The van der Waals surface area contributed by atoms with Gasteiger partial charge in [-0.3, -0.25) is 20.4 Å². The fraction of sp³-hybridized carbons (Fsp3) is 0.368. The van der Waals surface area contributed by atoms with Crippen molar-refractivity contribution in [2.75, 3.05) is 0 Å². The monoisotopic (exact) mass is 344 g/mol. The number of amides is 2. The zero-order valence-electron chi connectivity index (χ0n) is 15.2. The molecule has 0 aliphatic rings. The van der Waals surface area contributed by atoms with E-state index in [4.69, 9.17) is 9.15 Å². The first-order valence-electron chi connectivity index (χ1n) is 8.21. The van der Waals surface area contributed by atoms with Crippen molar-refractivity contribution in [1.82, 2.24) is 10.9 Å². The number of benzene rings is 1. The molecule has 0 saturated heterocycles. The summed E-state index contributed by atoms with van der Waals surface area (Å²) in [6, 6.07) is 7.30. The van der Waals surface area contributed by atoms with Crippen LogP contribution in [0.3, 0.4) is 0 Å². The molecule has 6 nitrogen and oxygen atoms in total. The van der Waals surface area contributed by atoms with Crippen molar-refractivity contribution >= 4 is 11.8 Å². The summed E-state index contributed by atoms with van der Waals surface area (Å²) in [7, 11) is 0. The molecule has 0 aliphatic heterocycles. The summed E-state index contributed by atoms with van der Waals surface area (Å²) in [6.45, 7) is 9.56. The lowest BCUT2D eigenvalue weighted by Crippen LogP contribution is -2.47. The molecule has 2 aromatic rings. The summed E-state index contributed by atoms with van der Waals surface area (Å²) in [6.07, 6.45) is 0.663. The fourth-order valence-electron chi connectivity index (χ4n) is 2.53. The Kier molecular flexibility index (Phi) is 5.85. The minimum absolute atomic E-state index is 0.369. The van der Waals surface area contributed by atoms with Gasteiger partial charge in [0.2, 0.25) is 0 Å². The Morgan fingerprint density at radius 3 is 2.36 bits per heavy atom. The predicted molar refractivity (Wildman–Crippen MR) is 94.4 cm³/mol. The van der Waals surface area contributed by atoms with Crippen molar-refractivity contribution in [2.45, 2.75) is 46.6 Å². The molecule has 2 amide bonds. The maximum Gasteiger partial charge on any atom is 0.279 e. The highest BCUT2D eigenvalue weighted by molar-refractivity contribution is 5.96. The predicted octanol–water partition coefficient (Wildman–Crippen LogP) is 3.25. The number of ether oxygens (including phenoxy) is 1. The largest absolute Gasteiger partial charge is 0.481 e. The molecule has 1 heterocycles. The molecular weight excluding hydrogens is 320 g/mol. The zero-order chi connectivity index (χ0) is 18.6. The highest BCUT2D eigenvalue weighted by Gasteiger charge is 2.17. The van der Waals surface area contributed by atoms with Crippen molar-refractivity contribution < 1.29 is 18.7 Å². The van der Waals surface area contributed by atoms with E-state index in [0.717, 1.165) is 5.56 Å². The number of hydrogen-bond acceptors (Lipinski definition) is 4. The summed E-state index contributed by atoms with van der Waals surface area (Å²) in [5.74, 6) is 0.638. The number of carbonyl (C=O) groups is 2. The number of nitrogens with one attached hydrogen (secondary N) is 2. The van der Waals surface area contributed by atoms with E-state index in [1.54, 1.807) is 13.8 Å². The topological polar surface area (TPSA) is 80.6 Å². The molecule has 6 heteroatoms. The van der Waals surface area contributed by atoms with Gasteiger partial charge in [0.1, 0.15) is 11.5 Å². The average molecular weight is 344 g/mol. The Balaban J connectivity index is 1.91. The molecule has 1 aromatic heterocycles. The van der Waals surface area contributed by atoms with E-state index >= 15 is 0 Å². The van der Waals surface area contributed by atoms with Crippen LogP contribution in [0.25, 0.3) is 0 Å². The third-order valence-electron chi connectivity index (χ3n) is 3.95. The van der Waals surface area contributed by atoms with Crippen molar-refractivity contribution in [3.05, 3.63) is 53.0 Å². The quantitative estimate of drug-likeness (QED) is 0.816. The molecule has 1 atom stereocenters. The smallest absolute Gasteiger partial charge is 0.279 e. The molecule has 1 aromatic carbocycles. The van der Waals surface area contributed by atoms with Gasteiger partial charge in [-0.05, 0) is 56.0 Å². The van der Waals surface area contributed by atoms with Crippen molar-refractivity contribution in [1.29, 1.82) is 0 Å². The van der Waals surface area contributed by atoms with Crippen LogP contribution in [-0.2, 0) is 4.79 Å². The van der Waals surface area contributed by atoms with Crippen molar-refractivity contribution in [3.63, 3.8) is 0 Å². The van der Waals surface area contributed by atoms with E-state index in [0.29, 0.717) is 23.0 Å². The van der Waals surface area contributed by atoms with E-state index in [2.05, 4.69) is 24.7 Å².